The zero-order valence-corrected chi connectivity index (χ0v) is 15.4. The van der Waals surface area contributed by atoms with Crippen molar-refractivity contribution in [1.29, 1.82) is 0 Å². The van der Waals surface area contributed by atoms with Gasteiger partial charge in [0.25, 0.3) is 5.91 Å². The molecule has 0 spiro atoms. The lowest BCUT2D eigenvalue weighted by Gasteiger charge is -2.07. The highest BCUT2D eigenvalue weighted by Crippen LogP contribution is 2.21. The number of carboxylic acid groups (broad SMARTS) is 1. The van der Waals surface area contributed by atoms with Crippen LogP contribution in [-0.2, 0) is 4.79 Å². The van der Waals surface area contributed by atoms with Gasteiger partial charge in [0.2, 0.25) is 5.91 Å². The number of carbonyl (C=O) groups excluding carboxylic acids is 2. The standard InChI is InChI=1S/C20H16N2O5S/c23-18(21-14-5-3-13(4-6-14)20(25)26)12-28-16-9-7-15(8-10-16)22-19(24)17-2-1-11-27-17/h1-11H,12H2,(H,21,23)(H,22,24)(H,25,26). The molecule has 3 rings (SSSR count). The SMILES string of the molecule is O=C(CSc1ccc(NC(=O)c2ccco2)cc1)Nc1ccc(C(=O)O)cc1. The molecule has 0 fully saturated rings. The van der Waals surface area contributed by atoms with Crippen LogP contribution in [0.25, 0.3) is 0 Å². The summed E-state index contributed by atoms with van der Waals surface area (Å²) in [6.07, 6.45) is 1.43. The zero-order valence-electron chi connectivity index (χ0n) is 14.5. The van der Waals surface area contributed by atoms with Crippen molar-refractivity contribution in [2.75, 3.05) is 16.4 Å². The number of furan rings is 1. The van der Waals surface area contributed by atoms with Gasteiger partial charge < -0.3 is 20.2 Å². The van der Waals surface area contributed by atoms with Crippen LogP contribution >= 0.6 is 11.8 Å². The van der Waals surface area contributed by atoms with Gasteiger partial charge in [0.15, 0.2) is 5.76 Å². The minimum Gasteiger partial charge on any atom is -0.478 e. The van der Waals surface area contributed by atoms with Gasteiger partial charge in [-0.25, -0.2) is 4.79 Å². The van der Waals surface area contributed by atoms with Gasteiger partial charge in [0.05, 0.1) is 17.6 Å². The average Bonchev–Trinajstić information content (AvgIpc) is 3.23. The normalized spacial score (nSPS) is 10.3. The number of anilines is 2. The Balaban J connectivity index is 1.48. The minimum absolute atomic E-state index is 0.159. The van der Waals surface area contributed by atoms with Crippen molar-refractivity contribution in [1.82, 2.24) is 0 Å². The maximum absolute atomic E-state index is 12.0. The van der Waals surface area contributed by atoms with Crippen LogP contribution < -0.4 is 10.6 Å². The molecule has 0 aliphatic heterocycles. The smallest absolute Gasteiger partial charge is 0.335 e. The Labute approximate surface area is 164 Å². The number of carbonyl (C=O) groups is 3. The Kier molecular flexibility index (Phi) is 6.13. The molecule has 1 heterocycles. The van der Waals surface area contributed by atoms with Gasteiger partial charge in [-0.1, -0.05) is 0 Å². The summed E-state index contributed by atoms with van der Waals surface area (Å²) >= 11 is 1.34. The van der Waals surface area contributed by atoms with E-state index in [1.807, 2.05) is 0 Å². The molecule has 8 heteroatoms. The second-order valence-corrected chi connectivity index (χ2v) is 6.72. The number of hydrogen-bond donors (Lipinski definition) is 3. The van der Waals surface area contributed by atoms with E-state index in [1.54, 1.807) is 48.5 Å². The zero-order chi connectivity index (χ0) is 19.9. The Bertz CT molecular complexity index is 967. The highest BCUT2D eigenvalue weighted by atomic mass is 32.2. The minimum atomic E-state index is -1.02. The predicted octanol–water partition coefficient (Wildman–Crippen LogP) is 3.96. The van der Waals surface area contributed by atoms with Crippen molar-refractivity contribution in [2.45, 2.75) is 4.90 Å². The molecule has 0 radical (unpaired) electrons. The summed E-state index contributed by atoms with van der Waals surface area (Å²) in [6.45, 7) is 0. The fraction of sp³-hybridized carbons (Fsp3) is 0.0500. The molecule has 0 aliphatic carbocycles. The third kappa shape index (κ3) is 5.24. The van der Waals surface area contributed by atoms with E-state index in [2.05, 4.69) is 10.6 Å². The molecule has 3 aromatic rings. The Morgan fingerprint density at radius 3 is 2.14 bits per heavy atom. The van der Waals surface area contributed by atoms with Gasteiger partial charge in [-0.3, -0.25) is 9.59 Å². The van der Waals surface area contributed by atoms with Crippen molar-refractivity contribution in [3.05, 3.63) is 78.3 Å². The third-order valence-corrected chi connectivity index (χ3v) is 4.65. The fourth-order valence-corrected chi connectivity index (χ4v) is 2.98. The molecular formula is C20H16N2O5S. The first-order valence-electron chi connectivity index (χ1n) is 8.22. The fourth-order valence-electron chi connectivity index (χ4n) is 2.28. The second-order valence-electron chi connectivity index (χ2n) is 5.68. The number of carboxylic acids is 1. The van der Waals surface area contributed by atoms with Gasteiger partial charge >= 0.3 is 5.97 Å². The monoisotopic (exact) mass is 396 g/mol. The van der Waals surface area contributed by atoms with Gasteiger partial charge in [0, 0.05) is 16.3 Å². The molecule has 0 unspecified atom stereocenters. The van der Waals surface area contributed by atoms with Gasteiger partial charge in [-0.05, 0) is 60.7 Å². The van der Waals surface area contributed by atoms with E-state index < -0.39 is 5.97 Å². The highest BCUT2D eigenvalue weighted by Gasteiger charge is 2.09. The summed E-state index contributed by atoms with van der Waals surface area (Å²) in [5.74, 6) is -1.13. The number of nitrogens with one attached hydrogen (secondary N) is 2. The summed E-state index contributed by atoms with van der Waals surface area (Å²) in [4.78, 5) is 35.6. The molecule has 0 aliphatic rings. The molecule has 0 saturated carbocycles. The topological polar surface area (TPSA) is 109 Å². The van der Waals surface area contributed by atoms with Crippen LogP contribution in [0.2, 0.25) is 0 Å². The summed E-state index contributed by atoms with van der Waals surface area (Å²) in [7, 11) is 0. The van der Waals surface area contributed by atoms with Crippen molar-refractivity contribution < 1.29 is 23.9 Å². The average molecular weight is 396 g/mol. The first kappa shape index (κ1) is 19.2. The van der Waals surface area contributed by atoms with Crippen molar-refractivity contribution in [2.24, 2.45) is 0 Å². The molecule has 2 aromatic carbocycles. The summed E-state index contributed by atoms with van der Waals surface area (Å²) in [5, 5.41) is 14.3. The molecule has 0 atom stereocenters. The summed E-state index contributed by atoms with van der Waals surface area (Å²) < 4.78 is 5.03. The molecule has 2 amide bonds. The number of hydrogen-bond acceptors (Lipinski definition) is 5. The molecular weight excluding hydrogens is 380 g/mol. The maximum atomic E-state index is 12.0. The first-order valence-corrected chi connectivity index (χ1v) is 9.21. The van der Waals surface area contributed by atoms with E-state index in [4.69, 9.17) is 9.52 Å². The van der Waals surface area contributed by atoms with Crippen LogP contribution in [0, 0.1) is 0 Å². The largest absolute Gasteiger partial charge is 0.478 e. The summed E-state index contributed by atoms with van der Waals surface area (Å²) in [5.41, 5.74) is 1.31. The van der Waals surface area contributed by atoms with Crippen LogP contribution in [0.15, 0.2) is 76.2 Å². The Hall–Kier alpha value is -3.52. The maximum Gasteiger partial charge on any atom is 0.335 e. The van der Waals surface area contributed by atoms with E-state index in [1.165, 1.54) is 30.2 Å². The number of aromatic carboxylic acids is 1. The van der Waals surface area contributed by atoms with E-state index >= 15 is 0 Å². The number of benzene rings is 2. The molecule has 7 nitrogen and oxygen atoms in total. The second kappa shape index (κ2) is 8.92. The van der Waals surface area contributed by atoms with Crippen LogP contribution in [0.5, 0.6) is 0 Å². The third-order valence-electron chi connectivity index (χ3n) is 3.64. The van der Waals surface area contributed by atoms with Crippen molar-refractivity contribution >= 4 is 40.9 Å². The molecule has 28 heavy (non-hydrogen) atoms. The van der Waals surface area contributed by atoms with Gasteiger partial charge in [-0.15, -0.1) is 11.8 Å². The van der Waals surface area contributed by atoms with Crippen LogP contribution in [0.4, 0.5) is 11.4 Å². The number of amides is 2. The molecule has 142 valence electrons. The van der Waals surface area contributed by atoms with Crippen LogP contribution in [0.3, 0.4) is 0 Å². The highest BCUT2D eigenvalue weighted by molar-refractivity contribution is 8.00. The van der Waals surface area contributed by atoms with Crippen molar-refractivity contribution in [3.63, 3.8) is 0 Å². The van der Waals surface area contributed by atoms with Gasteiger partial charge in [0.1, 0.15) is 0 Å². The summed E-state index contributed by atoms with van der Waals surface area (Å²) in [6, 6.07) is 16.3. The number of rotatable bonds is 7. The Morgan fingerprint density at radius 2 is 1.54 bits per heavy atom. The van der Waals surface area contributed by atoms with E-state index in [0.717, 1.165) is 4.90 Å². The van der Waals surface area contributed by atoms with Gasteiger partial charge in [-0.2, -0.15) is 0 Å². The lowest BCUT2D eigenvalue weighted by Crippen LogP contribution is -2.14. The Morgan fingerprint density at radius 1 is 0.893 bits per heavy atom. The molecule has 0 bridgehead atoms. The molecule has 0 saturated heterocycles. The van der Waals surface area contributed by atoms with Crippen LogP contribution in [-0.4, -0.2) is 28.6 Å². The van der Waals surface area contributed by atoms with E-state index in [-0.39, 0.29) is 28.9 Å². The van der Waals surface area contributed by atoms with Crippen molar-refractivity contribution in [3.8, 4) is 0 Å². The van der Waals surface area contributed by atoms with Crippen LogP contribution in [0.1, 0.15) is 20.9 Å². The quantitative estimate of drug-likeness (QED) is 0.522. The predicted molar refractivity (Wildman–Crippen MR) is 106 cm³/mol. The van der Waals surface area contributed by atoms with E-state index in [0.29, 0.717) is 11.4 Å². The lowest BCUT2D eigenvalue weighted by molar-refractivity contribution is -0.113. The number of thioether (sulfide) groups is 1. The first-order chi connectivity index (χ1) is 13.5. The lowest BCUT2D eigenvalue weighted by atomic mass is 10.2. The molecule has 3 N–H and O–H groups in total. The van der Waals surface area contributed by atoms with E-state index in [9.17, 15) is 14.4 Å². The molecule has 1 aromatic heterocycles.